The predicted octanol–water partition coefficient (Wildman–Crippen LogP) is 4.10. The Morgan fingerprint density at radius 2 is 1.80 bits per heavy atom. The van der Waals surface area contributed by atoms with Gasteiger partial charge in [-0.1, -0.05) is 29.8 Å². The first-order valence-corrected chi connectivity index (χ1v) is 7.87. The zero-order valence-corrected chi connectivity index (χ0v) is 14.2. The van der Waals surface area contributed by atoms with Crippen LogP contribution in [0.1, 0.15) is 16.8 Å². The highest BCUT2D eigenvalue weighted by Gasteiger charge is 2.16. The number of hydrogen-bond acceptors (Lipinski definition) is 4. The summed E-state index contributed by atoms with van der Waals surface area (Å²) in [4.78, 5) is 0. The van der Waals surface area contributed by atoms with Crippen LogP contribution < -0.4 is 15.2 Å². The number of nitriles is 1. The maximum atomic E-state index is 9.42. The summed E-state index contributed by atoms with van der Waals surface area (Å²) in [5, 5.41) is 9.42. The van der Waals surface area contributed by atoms with Crippen molar-refractivity contribution in [2.24, 2.45) is 0 Å². The molecule has 0 aliphatic carbocycles. The zero-order valence-electron chi connectivity index (χ0n) is 14.2. The molecule has 0 atom stereocenters. The molecule has 25 heavy (non-hydrogen) atoms. The summed E-state index contributed by atoms with van der Waals surface area (Å²) >= 11 is 0. The van der Waals surface area contributed by atoms with Crippen molar-refractivity contribution in [1.82, 2.24) is 4.57 Å². The van der Waals surface area contributed by atoms with E-state index in [1.54, 1.807) is 29.9 Å². The van der Waals surface area contributed by atoms with E-state index in [1.807, 2.05) is 37.3 Å². The molecule has 0 unspecified atom stereocenters. The molecule has 0 aliphatic rings. The lowest BCUT2D eigenvalue weighted by Crippen LogP contribution is -2.05. The van der Waals surface area contributed by atoms with Crippen LogP contribution in [0.4, 0.5) is 5.69 Å². The first kappa shape index (κ1) is 16.5. The van der Waals surface area contributed by atoms with E-state index in [4.69, 9.17) is 15.2 Å². The highest BCUT2D eigenvalue weighted by Crippen LogP contribution is 2.32. The Labute approximate surface area is 146 Å². The molecule has 5 nitrogen and oxygen atoms in total. The van der Waals surface area contributed by atoms with Crippen LogP contribution in [0.5, 0.6) is 17.4 Å². The van der Waals surface area contributed by atoms with Crippen LogP contribution in [0.15, 0.2) is 54.6 Å². The number of rotatable bonds is 5. The number of nitrogens with two attached hydrogens (primary N) is 1. The number of aryl methyl sites for hydroxylation is 1. The average Bonchev–Trinajstić information content (AvgIpc) is 2.91. The molecule has 0 radical (unpaired) electrons. The molecule has 1 heterocycles. The lowest BCUT2D eigenvalue weighted by Gasteiger charge is -2.13. The van der Waals surface area contributed by atoms with E-state index in [9.17, 15) is 5.26 Å². The van der Waals surface area contributed by atoms with Gasteiger partial charge in [-0.2, -0.15) is 5.26 Å². The quantitative estimate of drug-likeness (QED) is 0.763. The fourth-order valence-electron chi connectivity index (χ4n) is 2.66. The van der Waals surface area contributed by atoms with Gasteiger partial charge < -0.3 is 15.2 Å². The fraction of sp³-hybridized carbons (Fsp3) is 0.150. The molecule has 0 fully saturated rings. The van der Waals surface area contributed by atoms with E-state index >= 15 is 0 Å². The summed E-state index contributed by atoms with van der Waals surface area (Å²) < 4.78 is 12.9. The van der Waals surface area contributed by atoms with Crippen molar-refractivity contribution in [2.75, 3.05) is 12.8 Å². The monoisotopic (exact) mass is 333 g/mol. The van der Waals surface area contributed by atoms with E-state index in [0.29, 0.717) is 29.6 Å². The molecule has 0 saturated heterocycles. The second kappa shape index (κ2) is 7.02. The molecule has 3 rings (SSSR count). The van der Waals surface area contributed by atoms with Crippen LogP contribution in [-0.2, 0) is 6.54 Å². The van der Waals surface area contributed by atoms with Crippen molar-refractivity contribution in [1.29, 1.82) is 5.26 Å². The van der Waals surface area contributed by atoms with Gasteiger partial charge >= 0.3 is 0 Å². The van der Waals surface area contributed by atoms with Crippen LogP contribution in [-0.4, -0.2) is 11.7 Å². The van der Waals surface area contributed by atoms with E-state index in [2.05, 4.69) is 12.1 Å². The molecule has 3 aromatic rings. The molecule has 2 aromatic carbocycles. The SMILES string of the molecule is COc1ccc(Oc2c(N)cc(C#N)n2Cc2cccc(C)c2)cc1. The normalized spacial score (nSPS) is 10.3. The predicted molar refractivity (Wildman–Crippen MR) is 96.9 cm³/mol. The molecule has 0 saturated carbocycles. The molecule has 2 N–H and O–H groups in total. The molecule has 1 aromatic heterocycles. The van der Waals surface area contributed by atoms with Crippen LogP contribution in [0.2, 0.25) is 0 Å². The van der Waals surface area contributed by atoms with Crippen molar-refractivity contribution in [2.45, 2.75) is 13.5 Å². The van der Waals surface area contributed by atoms with Crippen molar-refractivity contribution in [3.05, 3.63) is 71.4 Å². The second-order valence-electron chi connectivity index (χ2n) is 5.75. The average molecular weight is 333 g/mol. The summed E-state index contributed by atoms with van der Waals surface area (Å²) in [5.41, 5.74) is 9.21. The molecular weight excluding hydrogens is 314 g/mol. The van der Waals surface area contributed by atoms with Gasteiger partial charge in [0.15, 0.2) is 0 Å². The number of methoxy groups -OCH3 is 1. The highest BCUT2D eigenvalue weighted by atomic mass is 16.5. The van der Waals surface area contributed by atoms with E-state index in [-0.39, 0.29) is 0 Å². The van der Waals surface area contributed by atoms with Gasteiger partial charge in [0, 0.05) is 6.07 Å². The Morgan fingerprint density at radius 3 is 2.44 bits per heavy atom. The Morgan fingerprint density at radius 1 is 1.08 bits per heavy atom. The first-order valence-electron chi connectivity index (χ1n) is 7.87. The largest absolute Gasteiger partial charge is 0.497 e. The van der Waals surface area contributed by atoms with Crippen LogP contribution in [0.25, 0.3) is 0 Å². The number of nitrogens with zero attached hydrogens (tertiary/aromatic N) is 2. The van der Waals surface area contributed by atoms with Crippen molar-refractivity contribution < 1.29 is 9.47 Å². The van der Waals surface area contributed by atoms with Crippen LogP contribution in [0, 0.1) is 18.3 Å². The summed E-state index contributed by atoms with van der Waals surface area (Å²) in [6, 6.07) is 19.2. The van der Waals surface area contributed by atoms with Gasteiger partial charge in [-0.05, 0) is 36.8 Å². The third kappa shape index (κ3) is 3.59. The number of hydrogen-bond donors (Lipinski definition) is 1. The summed E-state index contributed by atoms with van der Waals surface area (Å²) in [6.45, 7) is 2.54. The second-order valence-corrected chi connectivity index (χ2v) is 5.75. The topological polar surface area (TPSA) is 73.2 Å². The van der Waals surface area contributed by atoms with E-state index in [1.165, 1.54) is 0 Å². The number of anilines is 1. The van der Waals surface area contributed by atoms with Gasteiger partial charge in [-0.25, -0.2) is 0 Å². The molecule has 126 valence electrons. The Bertz CT molecular complexity index is 921. The van der Waals surface area contributed by atoms with E-state index < -0.39 is 0 Å². The first-order chi connectivity index (χ1) is 12.1. The standard InChI is InChI=1S/C20H19N3O2/c1-14-4-3-5-15(10-14)13-23-16(12-21)11-19(22)20(23)25-18-8-6-17(24-2)7-9-18/h3-11H,13,22H2,1-2H3. The minimum atomic E-state index is 0.431. The van der Waals surface area contributed by atoms with Crippen LogP contribution in [0.3, 0.4) is 0 Å². The minimum absolute atomic E-state index is 0.431. The maximum absolute atomic E-state index is 9.42. The summed E-state index contributed by atoms with van der Waals surface area (Å²) in [5.74, 6) is 1.83. The molecule has 0 spiro atoms. The summed E-state index contributed by atoms with van der Waals surface area (Å²) in [7, 11) is 1.61. The molecule has 0 bridgehead atoms. The smallest absolute Gasteiger partial charge is 0.224 e. The molecular formula is C20H19N3O2. The van der Waals surface area contributed by atoms with Crippen molar-refractivity contribution >= 4 is 5.69 Å². The highest BCUT2D eigenvalue weighted by molar-refractivity contribution is 5.57. The molecule has 5 heteroatoms. The number of ether oxygens (including phenoxy) is 2. The minimum Gasteiger partial charge on any atom is -0.497 e. The van der Waals surface area contributed by atoms with Crippen LogP contribution >= 0.6 is 0 Å². The van der Waals surface area contributed by atoms with Gasteiger partial charge in [0.25, 0.3) is 0 Å². The third-order valence-electron chi connectivity index (χ3n) is 3.89. The Kier molecular flexibility index (Phi) is 4.62. The van der Waals surface area contributed by atoms with Gasteiger partial charge in [-0.15, -0.1) is 0 Å². The van der Waals surface area contributed by atoms with Gasteiger partial charge in [-0.3, -0.25) is 4.57 Å². The number of aromatic nitrogens is 1. The third-order valence-corrected chi connectivity index (χ3v) is 3.89. The Hall–Kier alpha value is -3.39. The van der Waals surface area contributed by atoms with Crippen molar-refractivity contribution in [3.63, 3.8) is 0 Å². The van der Waals surface area contributed by atoms with E-state index in [0.717, 1.165) is 16.9 Å². The fourth-order valence-corrected chi connectivity index (χ4v) is 2.66. The lowest BCUT2D eigenvalue weighted by molar-refractivity contribution is 0.410. The van der Waals surface area contributed by atoms with Gasteiger partial charge in [0.05, 0.1) is 19.3 Å². The van der Waals surface area contributed by atoms with Gasteiger partial charge in [0.2, 0.25) is 5.88 Å². The molecule has 0 amide bonds. The summed E-state index contributed by atoms with van der Waals surface area (Å²) in [6.07, 6.45) is 0. The Balaban J connectivity index is 1.95. The van der Waals surface area contributed by atoms with Gasteiger partial charge in [0.1, 0.15) is 23.3 Å². The van der Waals surface area contributed by atoms with Crippen molar-refractivity contribution in [3.8, 4) is 23.4 Å². The lowest BCUT2D eigenvalue weighted by atomic mass is 10.1. The number of nitrogen functional groups attached to an aromatic ring is 1. The number of benzene rings is 2. The maximum Gasteiger partial charge on any atom is 0.224 e. The zero-order chi connectivity index (χ0) is 17.8. The molecule has 0 aliphatic heterocycles.